The number of nitrogens with one attached hydrogen (secondary N) is 1. The molecule has 0 heterocycles. The van der Waals surface area contributed by atoms with Crippen LogP contribution in [0, 0.1) is 19.7 Å². The second-order valence-electron chi connectivity index (χ2n) is 4.94. The molecule has 0 bridgehead atoms. The third-order valence-electron chi connectivity index (χ3n) is 3.32. The molecule has 0 radical (unpaired) electrons. The summed E-state index contributed by atoms with van der Waals surface area (Å²) in [5.41, 5.74) is 1.57. The number of rotatable bonds is 3. The molecule has 0 fully saturated rings. The van der Waals surface area contributed by atoms with Gasteiger partial charge in [0.05, 0.1) is 4.90 Å². The van der Waals surface area contributed by atoms with E-state index in [0.29, 0.717) is 11.1 Å². The Kier molecular flexibility index (Phi) is 5.13. The summed E-state index contributed by atoms with van der Waals surface area (Å²) < 4.78 is 36.9. The average Bonchev–Trinajstić information content (AvgIpc) is 2.43. The SMILES string of the molecule is Cc1cc(NC(=O)c2ccc(Br)c(S(=O)(=O)Cl)c2)cc(F)c1C. The zero-order valence-electron chi connectivity index (χ0n) is 12.2. The number of halogens is 3. The highest BCUT2D eigenvalue weighted by atomic mass is 79.9. The van der Waals surface area contributed by atoms with Crippen molar-refractivity contribution in [1.29, 1.82) is 0 Å². The van der Waals surface area contributed by atoms with E-state index in [9.17, 15) is 17.6 Å². The summed E-state index contributed by atoms with van der Waals surface area (Å²) in [6, 6.07) is 6.83. The lowest BCUT2D eigenvalue weighted by atomic mass is 10.1. The van der Waals surface area contributed by atoms with E-state index in [1.807, 2.05) is 0 Å². The number of hydrogen-bond donors (Lipinski definition) is 1. The Morgan fingerprint density at radius 3 is 2.43 bits per heavy atom. The van der Waals surface area contributed by atoms with Crippen molar-refractivity contribution in [3.8, 4) is 0 Å². The maximum atomic E-state index is 13.7. The topological polar surface area (TPSA) is 63.2 Å². The van der Waals surface area contributed by atoms with E-state index in [1.54, 1.807) is 19.9 Å². The molecule has 2 rings (SSSR count). The van der Waals surface area contributed by atoms with Crippen LogP contribution in [0.3, 0.4) is 0 Å². The molecular weight excluding hydrogens is 409 g/mol. The van der Waals surface area contributed by atoms with Crippen molar-refractivity contribution in [2.24, 2.45) is 0 Å². The zero-order valence-corrected chi connectivity index (χ0v) is 15.3. The molecule has 23 heavy (non-hydrogen) atoms. The molecule has 8 heteroatoms. The average molecular weight is 421 g/mol. The molecule has 1 N–H and O–H groups in total. The fourth-order valence-electron chi connectivity index (χ4n) is 1.92. The molecule has 0 aliphatic carbocycles. The molecule has 4 nitrogen and oxygen atoms in total. The van der Waals surface area contributed by atoms with Gasteiger partial charge < -0.3 is 5.32 Å². The van der Waals surface area contributed by atoms with Crippen molar-refractivity contribution < 1.29 is 17.6 Å². The van der Waals surface area contributed by atoms with Crippen molar-refractivity contribution >= 4 is 47.3 Å². The third-order valence-corrected chi connectivity index (χ3v) is 5.63. The molecule has 0 aliphatic rings. The van der Waals surface area contributed by atoms with Crippen LogP contribution < -0.4 is 5.32 Å². The number of amides is 1. The molecule has 2 aromatic carbocycles. The molecule has 0 unspecified atom stereocenters. The Hall–Kier alpha value is -1.44. The molecule has 0 saturated heterocycles. The van der Waals surface area contributed by atoms with Gasteiger partial charge in [0.25, 0.3) is 15.0 Å². The highest BCUT2D eigenvalue weighted by Crippen LogP contribution is 2.27. The van der Waals surface area contributed by atoms with Crippen molar-refractivity contribution in [1.82, 2.24) is 0 Å². The lowest BCUT2D eigenvalue weighted by Gasteiger charge is -2.10. The minimum absolute atomic E-state index is 0.0889. The molecule has 0 atom stereocenters. The Morgan fingerprint density at radius 2 is 1.87 bits per heavy atom. The van der Waals surface area contributed by atoms with Gasteiger partial charge in [-0.2, -0.15) is 0 Å². The fourth-order valence-corrected chi connectivity index (χ4v) is 4.04. The molecular formula is C15H12BrClFNO3S. The Morgan fingerprint density at radius 1 is 1.22 bits per heavy atom. The monoisotopic (exact) mass is 419 g/mol. The van der Waals surface area contributed by atoms with Gasteiger partial charge in [0, 0.05) is 26.4 Å². The lowest BCUT2D eigenvalue weighted by molar-refractivity contribution is 0.102. The number of carbonyl (C=O) groups excluding carboxylic acids is 1. The first-order valence-corrected chi connectivity index (χ1v) is 9.52. The van der Waals surface area contributed by atoms with Crippen LogP contribution in [0.2, 0.25) is 0 Å². The van der Waals surface area contributed by atoms with Crippen molar-refractivity contribution in [3.63, 3.8) is 0 Å². The molecule has 1 amide bonds. The number of benzene rings is 2. The van der Waals surface area contributed by atoms with Gasteiger partial charge >= 0.3 is 0 Å². The first kappa shape index (κ1) is 17.9. The minimum Gasteiger partial charge on any atom is -0.322 e. The molecule has 0 saturated carbocycles. The summed E-state index contributed by atoms with van der Waals surface area (Å²) in [5, 5.41) is 2.53. The van der Waals surface area contributed by atoms with Crippen LogP contribution in [0.25, 0.3) is 0 Å². The minimum atomic E-state index is -4.00. The van der Waals surface area contributed by atoms with Crippen LogP contribution in [0.4, 0.5) is 10.1 Å². The standard InChI is InChI=1S/C15H12BrClFNO3S/c1-8-5-11(7-13(18)9(8)2)19-15(20)10-3-4-12(16)14(6-10)23(17,21)22/h3-7H,1-2H3,(H,19,20). The van der Waals surface area contributed by atoms with Gasteiger partial charge in [-0.05, 0) is 71.2 Å². The maximum Gasteiger partial charge on any atom is 0.262 e. The smallest absolute Gasteiger partial charge is 0.262 e. The Labute approximate surface area is 146 Å². The molecule has 122 valence electrons. The molecule has 0 spiro atoms. The van der Waals surface area contributed by atoms with Crippen LogP contribution in [-0.4, -0.2) is 14.3 Å². The maximum absolute atomic E-state index is 13.7. The van der Waals surface area contributed by atoms with Gasteiger partial charge in [0.15, 0.2) is 0 Å². The second-order valence-corrected chi connectivity index (χ2v) is 8.33. The van der Waals surface area contributed by atoms with Crippen molar-refractivity contribution in [2.75, 3.05) is 5.32 Å². The number of hydrogen-bond acceptors (Lipinski definition) is 3. The van der Waals surface area contributed by atoms with E-state index >= 15 is 0 Å². The number of aryl methyl sites for hydroxylation is 1. The second kappa shape index (κ2) is 6.59. The van der Waals surface area contributed by atoms with Gasteiger partial charge in [-0.15, -0.1) is 0 Å². The van der Waals surface area contributed by atoms with Crippen LogP contribution >= 0.6 is 26.6 Å². The van der Waals surface area contributed by atoms with E-state index in [1.165, 1.54) is 18.2 Å². The van der Waals surface area contributed by atoms with E-state index in [-0.39, 0.29) is 20.6 Å². The number of anilines is 1. The van der Waals surface area contributed by atoms with E-state index < -0.39 is 20.8 Å². The first-order chi connectivity index (χ1) is 10.6. The third kappa shape index (κ3) is 4.10. The highest BCUT2D eigenvalue weighted by molar-refractivity contribution is 9.10. The van der Waals surface area contributed by atoms with Crippen LogP contribution in [-0.2, 0) is 9.05 Å². The lowest BCUT2D eigenvalue weighted by Crippen LogP contribution is -2.13. The predicted octanol–water partition coefficient (Wildman–Crippen LogP) is 4.38. The van der Waals surface area contributed by atoms with Gasteiger partial charge in [-0.3, -0.25) is 4.79 Å². The van der Waals surface area contributed by atoms with Gasteiger partial charge in [-0.1, -0.05) is 0 Å². The molecule has 0 aromatic heterocycles. The summed E-state index contributed by atoms with van der Waals surface area (Å²) in [6.45, 7) is 3.37. The Bertz CT molecular complexity index is 877. The summed E-state index contributed by atoms with van der Waals surface area (Å²) in [7, 11) is 1.32. The summed E-state index contributed by atoms with van der Waals surface area (Å²) in [6.07, 6.45) is 0. The zero-order chi connectivity index (χ0) is 17.4. The van der Waals surface area contributed by atoms with Crippen LogP contribution in [0.1, 0.15) is 21.5 Å². The molecule has 2 aromatic rings. The first-order valence-electron chi connectivity index (χ1n) is 6.42. The largest absolute Gasteiger partial charge is 0.322 e. The van der Waals surface area contributed by atoms with Crippen molar-refractivity contribution in [3.05, 3.63) is 57.3 Å². The summed E-state index contributed by atoms with van der Waals surface area (Å²) >= 11 is 3.06. The summed E-state index contributed by atoms with van der Waals surface area (Å²) in [4.78, 5) is 12.0. The summed E-state index contributed by atoms with van der Waals surface area (Å²) in [5.74, 6) is -0.998. The fraction of sp³-hybridized carbons (Fsp3) is 0.133. The predicted molar refractivity (Wildman–Crippen MR) is 91.0 cm³/mol. The van der Waals surface area contributed by atoms with Crippen LogP contribution in [0.5, 0.6) is 0 Å². The van der Waals surface area contributed by atoms with E-state index in [4.69, 9.17) is 10.7 Å². The van der Waals surface area contributed by atoms with Gasteiger partial charge in [-0.25, -0.2) is 12.8 Å². The van der Waals surface area contributed by atoms with Crippen LogP contribution in [0.15, 0.2) is 39.7 Å². The normalized spacial score (nSPS) is 11.3. The quantitative estimate of drug-likeness (QED) is 0.749. The number of carbonyl (C=O) groups is 1. The van der Waals surface area contributed by atoms with Gasteiger partial charge in [0.2, 0.25) is 0 Å². The van der Waals surface area contributed by atoms with E-state index in [2.05, 4.69) is 21.2 Å². The Balaban J connectivity index is 2.35. The van der Waals surface area contributed by atoms with Gasteiger partial charge in [0.1, 0.15) is 5.82 Å². The molecule has 0 aliphatic heterocycles. The van der Waals surface area contributed by atoms with Crippen molar-refractivity contribution in [2.45, 2.75) is 18.7 Å². The van der Waals surface area contributed by atoms with E-state index in [0.717, 1.165) is 6.07 Å². The highest BCUT2D eigenvalue weighted by Gasteiger charge is 2.18.